The Hall–Kier alpha value is -0.710. The van der Waals surface area contributed by atoms with E-state index >= 15 is 0 Å². The van der Waals surface area contributed by atoms with Crippen molar-refractivity contribution in [2.45, 2.75) is 18.8 Å². The number of aliphatic hydroxyl groups excluding tert-OH is 1. The van der Waals surface area contributed by atoms with Gasteiger partial charge < -0.3 is 10.4 Å². The van der Waals surface area contributed by atoms with Gasteiger partial charge in [-0.25, -0.2) is 0 Å². The van der Waals surface area contributed by atoms with Crippen molar-refractivity contribution in [1.29, 1.82) is 0 Å². The van der Waals surface area contributed by atoms with Crippen LogP contribution in [0.15, 0.2) is 24.3 Å². The largest absolute Gasteiger partial charge is 0.392 e. The van der Waals surface area contributed by atoms with E-state index < -0.39 is 6.10 Å². The third kappa shape index (κ3) is 6.56. The van der Waals surface area contributed by atoms with Crippen molar-refractivity contribution in [3.8, 4) is 0 Å². The van der Waals surface area contributed by atoms with Crippen LogP contribution in [-0.4, -0.2) is 29.4 Å². The number of hydrogen-bond acceptors (Lipinski definition) is 3. The van der Waals surface area contributed by atoms with Crippen LogP contribution in [0.3, 0.4) is 0 Å². The van der Waals surface area contributed by atoms with Crippen LogP contribution >= 0.6 is 23.4 Å². The highest BCUT2D eigenvalue weighted by Gasteiger charge is 2.03. The molecule has 0 aliphatic rings. The van der Waals surface area contributed by atoms with Gasteiger partial charge in [0.25, 0.3) is 0 Å². The standard InChI is InChI=1S/C12H16ClNO2S/c1-9(15)6-14-12(16)8-17-7-10-3-2-4-11(13)5-10/h2-5,9,15H,6-8H2,1H3,(H,14,16)/t9-/m0/s1. The molecule has 0 spiro atoms. The molecule has 0 unspecified atom stereocenters. The van der Waals surface area contributed by atoms with Gasteiger partial charge in [0.2, 0.25) is 5.91 Å². The maximum absolute atomic E-state index is 11.3. The zero-order valence-corrected chi connectivity index (χ0v) is 11.2. The zero-order chi connectivity index (χ0) is 12.7. The summed E-state index contributed by atoms with van der Waals surface area (Å²) in [6.07, 6.45) is -0.503. The van der Waals surface area contributed by atoms with Crippen molar-refractivity contribution in [2.24, 2.45) is 0 Å². The predicted molar refractivity (Wildman–Crippen MR) is 72.3 cm³/mol. The van der Waals surface area contributed by atoms with Gasteiger partial charge in [-0.15, -0.1) is 11.8 Å². The number of benzene rings is 1. The lowest BCUT2D eigenvalue weighted by molar-refractivity contribution is -0.118. The van der Waals surface area contributed by atoms with Crippen molar-refractivity contribution in [1.82, 2.24) is 5.32 Å². The Kier molecular flexibility index (Phi) is 6.40. The summed E-state index contributed by atoms with van der Waals surface area (Å²) in [7, 11) is 0. The minimum Gasteiger partial charge on any atom is -0.392 e. The smallest absolute Gasteiger partial charge is 0.230 e. The van der Waals surface area contributed by atoms with Crippen LogP contribution in [0.1, 0.15) is 12.5 Å². The fourth-order valence-electron chi connectivity index (χ4n) is 1.20. The molecule has 0 fully saturated rings. The van der Waals surface area contributed by atoms with E-state index in [2.05, 4.69) is 5.32 Å². The Labute approximate surface area is 111 Å². The molecule has 5 heteroatoms. The molecule has 0 bridgehead atoms. The van der Waals surface area contributed by atoms with Gasteiger partial charge in [-0.3, -0.25) is 4.79 Å². The fraction of sp³-hybridized carbons (Fsp3) is 0.417. The lowest BCUT2D eigenvalue weighted by Gasteiger charge is -2.07. The Morgan fingerprint density at radius 2 is 2.35 bits per heavy atom. The van der Waals surface area contributed by atoms with E-state index in [0.717, 1.165) is 11.3 Å². The molecule has 0 heterocycles. The normalized spacial score (nSPS) is 12.2. The van der Waals surface area contributed by atoms with Crippen LogP contribution in [0.2, 0.25) is 5.02 Å². The van der Waals surface area contributed by atoms with Crippen LogP contribution < -0.4 is 5.32 Å². The zero-order valence-electron chi connectivity index (χ0n) is 9.65. The second-order valence-electron chi connectivity index (χ2n) is 3.78. The Bertz CT molecular complexity index is 371. The monoisotopic (exact) mass is 273 g/mol. The average molecular weight is 274 g/mol. The molecule has 0 radical (unpaired) electrons. The molecule has 2 N–H and O–H groups in total. The average Bonchev–Trinajstić information content (AvgIpc) is 2.26. The molecule has 1 amide bonds. The van der Waals surface area contributed by atoms with Gasteiger partial charge >= 0.3 is 0 Å². The van der Waals surface area contributed by atoms with E-state index in [4.69, 9.17) is 16.7 Å². The summed E-state index contributed by atoms with van der Waals surface area (Å²) in [4.78, 5) is 11.3. The van der Waals surface area contributed by atoms with E-state index in [1.807, 2.05) is 24.3 Å². The SMILES string of the molecule is C[C@H](O)CNC(=O)CSCc1cccc(Cl)c1. The minimum absolute atomic E-state index is 0.0575. The molecule has 0 aliphatic heterocycles. The molecular formula is C12H16ClNO2S. The summed E-state index contributed by atoms with van der Waals surface area (Å²) in [5.41, 5.74) is 1.10. The highest BCUT2D eigenvalue weighted by atomic mass is 35.5. The first-order valence-corrected chi connectivity index (χ1v) is 6.88. The van der Waals surface area contributed by atoms with E-state index in [1.54, 1.807) is 6.92 Å². The lowest BCUT2D eigenvalue weighted by atomic mass is 10.2. The molecule has 1 aromatic carbocycles. The molecule has 1 atom stereocenters. The number of rotatable bonds is 6. The Morgan fingerprint density at radius 1 is 1.59 bits per heavy atom. The molecule has 1 rings (SSSR count). The molecule has 0 aliphatic carbocycles. The number of hydrogen-bond donors (Lipinski definition) is 2. The molecule has 0 saturated carbocycles. The van der Waals surface area contributed by atoms with Gasteiger partial charge in [-0.1, -0.05) is 23.7 Å². The van der Waals surface area contributed by atoms with Gasteiger partial charge in [0.15, 0.2) is 0 Å². The summed E-state index contributed by atoms with van der Waals surface area (Å²) >= 11 is 7.38. The van der Waals surface area contributed by atoms with Crippen molar-refractivity contribution in [3.63, 3.8) is 0 Å². The minimum atomic E-state index is -0.503. The number of amides is 1. The first-order chi connectivity index (χ1) is 8.08. The maximum Gasteiger partial charge on any atom is 0.230 e. The Balaban J connectivity index is 2.21. The van der Waals surface area contributed by atoms with E-state index in [9.17, 15) is 4.79 Å². The molecular weight excluding hydrogens is 258 g/mol. The second-order valence-corrected chi connectivity index (χ2v) is 5.20. The van der Waals surface area contributed by atoms with E-state index in [-0.39, 0.29) is 5.91 Å². The highest BCUT2D eigenvalue weighted by molar-refractivity contribution is 7.99. The summed E-state index contributed by atoms with van der Waals surface area (Å²) in [5.74, 6) is 1.08. The highest BCUT2D eigenvalue weighted by Crippen LogP contribution is 2.16. The number of carbonyl (C=O) groups is 1. The number of halogens is 1. The van der Waals surface area contributed by atoms with Crippen LogP contribution in [0.4, 0.5) is 0 Å². The number of nitrogens with one attached hydrogen (secondary N) is 1. The lowest BCUT2D eigenvalue weighted by Crippen LogP contribution is -2.31. The van der Waals surface area contributed by atoms with E-state index in [1.165, 1.54) is 11.8 Å². The summed E-state index contributed by atoms with van der Waals surface area (Å²) in [5, 5.41) is 12.4. The van der Waals surface area contributed by atoms with Crippen LogP contribution in [0, 0.1) is 0 Å². The second kappa shape index (κ2) is 7.58. The van der Waals surface area contributed by atoms with Crippen LogP contribution in [-0.2, 0) is 10.5 Å². The van der Waals surface area contributed by atoms with Crippen LogP contribution in [0.25, 0.3) is 0 Å². The van der Waals surface area contributed by atoms with Crippen molar-refractivity contribution in [2.75, 3.05) is 12.3 Å². The summed E-state index contributed by atoms with van der Waals surface area (Å²) in [6.45, 7) is 1.94. The molecule has 0 aromatic heterocycles. The van der Waals surface area contributed by atoms with Gasteiger partial charge in [0.05, 0.1) is 11.9 Å². The van der Waals surface area contributed by atoms with Crippen molar-refractivity contribution < 1.29 is 9.90 Å². The van der Waals surface area contributed by atoms with Crippen LogP contribution in [0.5, 0.6) is 0 Å². The topological polar surface area (TPSA) is 49.3 Å². The van der Waals surface area contributed by atoms with E-state index in [0.29, 0.717) is 17.3 Å². The molecule has 1 aromatic rings. The molecule has 0 saturated heterocycles. The fourth-order valence-corrected chi connectivity index (χ4v) is 2.22. The summed E-state index contributed by atoms with van der Waals surface area (Å²) in [6, 6.07) is 7.59. The Morgan fingerprint density at radius 3 is 3.00 bits per heavy atom. The molecule has 17 heavy (non-hydrogen) atoms. The maximum atomic E-state index is 11.3. The third-order valence-corrected chi connectivity index (χ3v) is 3.22. The predicted octanol–water partition coefficient (Wildman–Crippen LogP) is 2.07. The first kappa shape index (κ1) is 14.4. The van der Waals surface area contributed by atoms with Crippen molar-refractivity contribution in [3.05, 3.63) is 34.9 Å². The van der Waals surface area contributed by atoms with Crippen molar-refractivity contribution >= 4 is 29.3 Å². The van der Waals surface area contributed by atoms with Gasteiger partial charge in [0.1, 0.15) is 0 Å². The number of thioether (sulfide) groups is 1. The van der Waals surface area contributed by atoms with Gasteiger partial charge in [-0.2, -0.15) is 0 Å². The number of aliphatic hydroxyl groups is 1. The quantitative estimate of drug-likeness (QED) is 0.834. The third-order valence-electron chi connectivity index (χ3n) is 1.99. The molecule has 94 valence electrons. The number of carbonyl (C=O) groups excluding carboxylic acids is 1. The van der Waals surface area contributed by atoms with Gasteiger partial charge in [-0.05, 0) is 24.6 Å². The van der Waals surface area contributed by atoms with Gasteiger partial charge in [0, 0.05) is 17.3 Å². The molecule has 3 nitrogen and oxygen atoms in total. The first-order valence-electron chi connectivity index (χ1n) is 5.35. The summed E-state index contributed by atoms with van der Waals surface area (Å²) < 4.78 is 0.